The van der Waals surface area contributed by atoms with E-state index in [2.05, 4.69) is 42.5 Å². The van der Waals surface area contributed by atoms with Gasteiger partial charge in [0.1, 0.15) is 0 Å². The zero-order chi connectivity index (χ0) is 18.4. The van der Waals surface area contributed by atoms with Crippen molar-refractivity contribution in [3.05, 3.63) is 35.4 Å². The largest absolute Gasteiger partial charge is 0.390 e. The summed E-state index contributed by atoms with van der Waals surface area (Å²) in [6.45, 7) is 1.47. The van der Waals surface area contributed by atoms with Gasteiger partial charge in [0.15, 0.2) is 0 Å². The zero-order valence-electron chi connectivity index (χ0n) is 16.1. The van der Waals surface area contributed by atoms with Crippen molar-refractivity contribution in [2.75, 3.05) is 14.1 Å². The molecule has 1 aromatic rings. The fraction of sp³-hybridized carbons (Fsp3) is 0.682. The maximum Gasteiger partial charge on any atom is 0.220 e. The molecule has 1 amide bonds. The van der Waals surface area contributed by atoms with Crippen molar-refractivity contribution in [1.29, 1.82) is 0 Å². The van der Waals surface area contributed by atoms with Crippen LogP contribution in [0.3, 0.4) is 0 Å². The molecule has 4 aliphatic carbocycles. The number of hydrogen-bond donors (Lipinski definition) is 2. The lowest BCUT2D eigenvalue weighted by atomic mass is 9.47. The second-order valence-electron chi connectivity index (χ2n) is 9.65. The van der Waals surface area contributed by atoms with E-state index >= 15 is 0 Å². The molecule has 0 saturated heterocycles. The SMILES string of the molecule is CN(C)Cc1ccccc1CNC(=O)CC12C[C@@H]3C[C@@H](CC(O)(C3)C1)C2. The highest BCUT2D eigenvalue weighted by Crippen LogP contribution is 2.62. The van der Waals surface area contributed by atoms with E-state index in [1.165, 1.54) is 17.5 Å². The summed E-state index contributed by atoms with van der Waals surface area (Å²) in [6, 6.07) is 8.33. The lowest BCUT2D eigenvalue weighted by Gasteiger charge is -2.60. The number of nitrogens with zero attached hydrogens (tertiary/aromatic N) is 1. The van der Waals surface area contributed by atoms with E-state index in [4.69, 9.17) is 0 Å². The zero-order valence-corrected chi connectivity index (χ0v) is 16.1. The first-order valence-corrected chi connectivity index (χ1v) is 10.1. The quantitative estimate of drug-likeness (QED) is 0.824. The van der Waals surface area contributed by atoms with Gasteiger partial charge in [0.2, 0.25) is 5.91 Å². The number of rotatable bonds is 6. The minimum Gasteiger partial charge on any atom is -0.390 e. The Bertz CT molecular complexity index is 670. The van der Waals surface area contributed by atoms with Crippen molar-refractivity contribution in [3.63, 3.8) is 0 Å². The first-order chi connectivity index (χ1) is 12.3. The van der Waals surface area contributed by atoms with Crippen LogP contribution in [-0.2, 0) is 17.9 Å². The number of carbonyl (C=O) groups excluding carboxylic acids is 1. The number of nitrogens with one attached hydrogen (secondary N) is 1. The Morgan fingerprint density at radius 2 is 1.81 bits per heavy atom. The molecule has 4 saturated carbocycles. The molecule has 0 heterocycles. The molecule has 4 nitrogen and oxygen atoms in total. The van der Waals surface area contributed by atoms with E-state index in [1.807, 2.05) is 6.07 Å². The van der Waals surface area contributed by atoms with Crippen LogP contribution in [-0.4, -0.2) is 35.6 Å². The lowest BCUT2D eigenvalue weighted by molar-refractivity contribution is -0.169. The predicted octanol–water partition coefficient (Wildman–Crippen LogP) is 3.09. The Kier molecular flexibility index (Phi) is 4.60. The molecule has 4 fully saturated rings. The van der Waals surface area contributed by atoms with Crippen LogP contribution >= 0.6 is 0 Å². The predicted molar refractivity (Wildman–Crippen MR) is 102 cm³/mol. The van der Waals surface area contributed by atoms with Crippen LogP contribution in [0, 0.1) is 17.3 Å². The van der Waals surface area contributed by atoms with Gasteiger partial charge in [0.05, 0.1) is 5.60 Å². The third-order valence-electron chi connectivity index (χ3n) is 6.77. The summed E-state index contributed by atoms with van der Waals surface area (Å²) >= 11 is 0. The van der Waals surface area contributed by atoms with Gasteiger partial charge in [-0.2, -0.15) is 0 Å². The molecule has 4 aliphatic rings. The van der Waals surface area contributed by atoms with E-state index in [0.717, 1.165) is 38.6 Å². The van der Waals surface area contributed by atoms with Crippen molar-refractivity contribution >= 4 is 5.91 Å². The van der Waals surface area contributed by atoms with Crippen molar-refractivity contribution in [1.82, 2.24) is 10.2 Å². The monoisotopic (exact) mass is 356 g/mol. The van der Waals surface area contributed by atoms with Gasteiger partial charge in [0, 0.05) is 19.5 Å². The Labute approximate surface area is 157 Å². The van der Waals surface area contributed by atoms with Crippen LogP contribution in [0.25, 0.3) is 0 Å². The summed E-state index contributed by atoms with van der Waals surface area (Å²) in [7, 11) is 4.13. The number of amides is 1. The molecule has 0 spiro atoms. The third kappa shape index (κ3) is 3.67. The molecule has 0 aliphatic heterocycles. The molecule has 4 heteroatoms. The molecular formula is C22H32N2O2. The molecule has 0 aromatic heterocycles. The Hall–Kier alpha value is -1.39. The summed E-state index contributed by atoms with van der Waals surface area (Å²) < 4.78 is 0. The van der Waals surface area contributed by atoms with Gasteiger partial charge in [-0.05, 0) is 81.0 Å². The molecule has 5 rings (SSSR count). The second kappa shape index (κ2) is 6.65. The van der Waals surface area contributed by atoms with E-state index in [-0.39, 0.29) is 11.3 Å². The molecule has 142 valence electrons. The van der Waals surface area contributed by atoms with Crippen LogP contribution in [0.4, 0.5) is 0 Å². The first kappa shape index (κ1) is 18.0. The number of hydrogen-bond acceptors (Lipinski definition) is 3. The van der Waals surface area contributed by atoms with Gasteiger partial charge < -0.3 is 15.3 Å². The highest BCUT2D eigenvalue weighted by molar-refractivity contribution is 5.76. The van der Waals surface area contributed by atoms with Gasteiger partial charge in [-0.1, -0.05) is 24.3 Å². The van der Waals surface area contributed by atoms with Crippen molar-refractivity contribution in [2.24, 2.45) is 17.3 Å². The Morgan fingerprint density at radius 3 is 2.42 bits per heavy atom. The summed E-state index contributed by atoms with van der Waals surface area (Å²) in [6.07, 6.45) is 6.88. The summed E-state index contributed by atoms with van der Waals surface area (Å²) in [4.78, 5) is 14.9. The maximum absolute atomic E-state index is 12.7. The topological polar surface area (TPSA) is 52.6 Å². The maximum atomic E-state index is 12.7. The molecule has 2 N–H and O–H groups in total. The minimum absolute atomic E-state index is 0.0477. The summed E-state index contributed by atoms with van der Waals surface area (Å²) in [5.74, 6) is 1.42. The molecule has 4 atom stereocenters. The average Bonchev–Trinajstić information content (AvgIpc) is 2.50. The summed E-state index contributed by atoms with van der Waals surface area (Å²) in [5, 5.41) is 14.0. The standard InChI is InChI=1S/C22H32N2O2/c1-24(2)14-19-6-4-3-5-18(19)13-23-20(25)12-21-8-16-7-17(9-21)11-22(26,10-16)15-21/h3-6,16-17,26H,7-15H2,1-2H3,(H,23,25)/t16-,17+,21?,22?. The Balaban J connectivity index is 1.38. The van der Waals surface area contributed by atoms with Crippen LogP contribution in [0.5, 0.6) is 0 Å². The van der Waals surface area contributed by atoms with Gasteiger partial charge >= 0.3 is 0 Å². The van der Waals surface area contributed by atoms with Crippen LogP contribution in [0.2, 0.25) is 0 Å². The van der Waals surface area contributed by atoms with Crippen molar-refractivity contribution in [2.45, 2.75) is 63.6 Å². The number of aliphatic hydroxyl groups is 1. The average molecular weight is 357 g/mol. The number of carbonyl (C=O) groups is 1. The fourth-order valence-corrected chi connectivity index (χ4v) is 6.43. The summed E-state index contributed by atoms with van der Waals surface area (Å²) in [5.41, 5.74) is 2.02. The highest BCUT2D eigenvalue weighted by Gasteiger charge is 2.57. The third-order valence-corrected chi connectivity index (χ3v) is 6.77. The first-order valence-electron chi connectivity index (χ1n) is 10.1. The van der Waals surface area contributed by atoms with Gasteiger partial charge in [-0.25, -0.2) is 0 Å². The normalized spacial score (nSPS) is 35.1. The smallest absolute Gasteiger partial charge is 0.220 e. The van der Waals surface area contributed by atoms with E-state index in [9.17, 15) is 9.90 Å². The molecule has 26 heavy (non-hydrogen) atoms. The van der Waals surface area contributed by atoms with Gasteiger partial charge in [-0.3, -0.25) is 4.79 Å². The molecule has 0 radical (unpaired) electrons. The molecule has 1 aromatic carbocycles. The van der Waals surface area contributed by atoms with E-state index in [1.54, 1.807) is 0 Å². The minimum atomic E-state index is -0.483. The van der Waals surface area contributed by atoms with Crippen molar-refractivity contribution in [3.8, 4) is 0 Å². The fourth-order valence-electron chi connectivity index (χ4n) is 6.43. The number of benzene rings is 1. The van der Waals surface area contributed by atoms with Crippen LogP contribution < -0.4 is 5.32 Å². The van der Waals surface area contributed by atoms with Crippen LogP contribution in [0.15, 0.2) is 24.3 Å². The second-order valence-corrected chi connectivity index (χ2v) is 9.65. The highest BCUT2D eigenvalue weighted by atomic mass is 16.3. The van der Waals surface area contributed by atoms with Gasteiger partial charge in [-0.15, -0.1) is 0 Å². The molecular weight excluding hydrogens is 324 g/mol. The van der Waals surface area contributed by atoms with E-state index < -0.39 is 5.60 Å². The molecule has 4 bridgehead atoms. The Morgan fingerprint density at radius 1 is 1.15 bits per heavy atom. The van der Waals surface area contributed by atoms with E-state index in [0.29, 0.717) is 24.8 Å². The van der Waals surface area contributed by atoms with Crippen molar-refractivity contribution < 1.29 is 9.90 Å². The van der Waals surface area contributed by atoms with Crippen LogP contribution in [0.1, 0.15) is 56.1 Å². The van der Waals surface area contributed by atoms with Gasteiger partial charge in [0.25, 0.3) is 0 Å². The lowest BCUT2D eigenvalue weighted by Crippen LogP contribution is -2.56. The molecule has 2 unspecified atom stereocenters.